The van der Waals surface area contributed by atoms with Gasteiger partial charge in [-0.05, 0) is 71.2 Å². The van der Waals surface area contributed by atoms with Gasteiger partial charge in [-0.25, -0.2) is 0 Å². The van der Waals surface area contributed by atoms with Crippen molar-refractivity contribution in [3.8, 4) is 0 Å². The fourth-order valence-corrected chi connectivity index (χ4v) is 3.35. The van der Waals surface area contributed by atoms with Gasteiger partial charge >= 0.3 is 0 Å². The first-order valence-corrected chi connectivity index (χ1v) is 8.89. The van der Waals surface area contributed by atoms with Crippen molar-refractivity contribution >= 4 is 0 Å². The summed E-state index contributed by atoms with van der Waals surface area (Å²) in [6.07, 6.45) is 5.31. The average Bonchev–Trinajstić information content (AvgIpc) is 2.47. The maximum absolute atomic E-state index is 3.76. The number of hydrogen-bond donors (Lipinski definition) is 1. The summed E-state index contributed by atoms with van der Waals surface area (Å²) >= 11 is 0. The van der Waals surface area contributed by atoms with Gasteiger partial charge in [-0.3, -0.25) is 0 Å². The minimum atomic E-state index is 0.680. The Labute approximate surface area is 127 Å². The average molecular weight is 284 g/mol. The lowest BCUT2D eigenvalue weighted by Crippen LogP contribution is -2.44. The molecule has 0 bridgehead atoms. The van der Waals surface area contributed by atoms with Crippen LogP contribution in [0.5, 0.6) is 0 Å². The number of likely N-dealkylation sites (N-methyl/N-ethyl adjacent to an activating group) is 1. The third-order valence-corrected chi connectivity index (χ3v) is 4.76. The molecule has 1 rings (SSSR count). The van der Waals surface area contributed by atoms with Crippen LogP contribution in [0, 0.1) is 5.92 Å². The summed E-state index contributed by atoms with van der Waals surface area (Å²) in [5.41, 5.74) is 0. The summed E-state index contributed by atoms with van der Waals surface area (Å²) in [4.78, 5) is 5.17. The first-order chi connectivity index (χ1) is 9.71. The molecule has 1 heterocycles. The van der Waals surface area contributed by atoms with Crippen LogP contribution in [0.4, 0.5) is 0 Å². The number of nitrogens with one attached hydrogen (secondary N) is 1. The van der Waals surface area contributed by atoms with E-state index in [1.807, 2.05) is 0 Å². The highest BCUT2D eigenvalue weighted by Gasteiger charge is 2.22. The largest absolute Gasteiger partial charge is 0.313 e. The lowest BCUT2D eigenvalue weighted by Gasteiger charge is -2.35. The van der Waals surface area contributed by atoms with Crippen LogP contribution < -0.4 is 5.32 Å². The molecule has 3 nitrogen and oxygen atoms in total. The Morgan fingerprint density at radius 2 is 1.80 bits per heavy atom. The van der Waals surface area contributed by atoms with Gasteiger partial charge in [0.2, 0.25) is 0 Å². The Bertz CT molecular complexity index is 224. The summed E-state index contributed by atoms with van der Waals surface area (Å²) in [7, 11) is 0. The van der Waals surface area contributed by atoms with Gasteiger partial charge in [0.05, 0.1) is 0 Å². The summed E-state index contributed by atoms with van der Waals surface area (Å²) in [6.45, 7) is 17.9. The molecule has 1 N–H and O–H groups in total. The molecule has 20 heavy (non-hydrogen) atoms. The van der Waals surface area contributed by atoms with Gasteiger partial charge < -0.3 is 15.1 Å². The molecular weight excluding hydrogens is 246 g/mol. The van der Waals surface area contributed by atoms with E-state index in [1.54, 1.807) is 0 Å². The fourth-order valence-electron chi connectivity index (χ4n) is 3.35. The third kappa shape index (κ3) is 6.55. The van der Waals surface area contributed by atoms with Crippen molar-refractivity contribution in [3.05, 3.63) is 0 Å². The highest BCUT2D eigenvalue weighted by atomic mass is 15.1. The Balaban J connectivity index is 2.15. The van der Waals surface area contributed by atoms with E-state index < -0.39 is 0 Å². The zero-order chi connectivity index (χ0) is 14.8. The van der Waals surface area contributed by atoms with E-state index in [1.165, 1.54) is 65.0 Å². The van der Waals surface area contributed by atoms with Gasteiger partial charge in [0.1, 0.15) is 0 Å². The molecule has 1 fully saturated rings. The van der Waals surface area contributed by atoms with Crippen LogP contribution >= 0.6 is 0 Å². The topological polar surface area (TPSA) is 18.5 Å². The molecule has 1 saturated heterocycles. The highest BCUT2D eigenvalue weighted by molar-refractivity contribution is 4.79. The van der Waals surface area contributed by atoms with Gasteiger partial charge in [-0.15, -0.1) is 0 Å². The Morgan fingerprint density at radius 1 is 1.10 bits per heavy atom. The van der Waals surface area contributed by atoms with Crippen LogP contribution in [0.3, 0.4) is 0 Å². The zero-order valence-electron chi connectivity index (χ0n) is 14.3. The molecular formula is C17H37N3. The summed E-state index contributed by atoms with van der Waals surface area (Å²) in [5.74, 6) is 0.879. The van der Waals surface area contributed by atoms with Crippen LogP contribution in [0.25, 0.3) is 0 Å². The van der Waals surface area contributed by atoms with Crippen LogP contribution in [0.15, 0.2) is 0 Å². The second-order valence-electron chi connectivity index (χ2n) is 6.36. The molecule has 1 aliphatic rings. The molecule has 0 amide bonds. The summed E-state index contributed by atoms with van der Waals surface area (Å²) in [5, 5.41) is 3.76. The maximum atomic E-state index is 3.76. The normalized spacial score (nSPS) is 19.6. The van der Waals surface area contributed by atoms with Crippen molar-refractivity contribution in [2.75, 3.05) is 45.8 Å². The minimum Gasteiger partial charge on any atom is -0.313 e. The Kier molecular flexibility index (Phi) is 9.49. The first kappa shape index (κ1) is 17.9. The predicted molar refractivity (Wildman–Crippen MR) is 89.3 cm³/mol. The van der Waals surface area contributed by atoms with Crippen LogP contribution in [-0.4, -0.2) is 61.7 Å². The van der Waals surface area contributed by atoms with Crippen molar-refractivity contribution < 1.29 is 0 Å². The van der Waals surface area contributed by atoms with Crippen molar-refractivity contribution in [1.82, 2.24) is 15.1 Å². The van der Waals surface area contributed by atoms with Gasteiger partial charge in [-0.2, -0.15) is 0 Å². The van der Waals surface area contributed by atoms with Gasteiger partial charge in [-0.1, -0.05) is 20.8 Å². The molecule has 1 atom stereocenters. The molecule has 0 aromatic heterocycles. The second-order valence-corrected chi connectivity index (χ2v) is 6.36. The maximum Gasteiger partial charge on any atom is 0.0107 e. The predicted octanol–water partition coefficient (Wildman–Crippen LogP) is 2.82. The van der Waals surface area contributed by atoms with Crippen LogP contribution in [-0.2, 0) is 0 Å². The molecule has 0 aliphatic carbocycles. The molecule has 120 valence electrons. The number of hydrogen-bond acceptors (Lipinski definition) is 3. The van der Waals surface area contributed by atoms with E-state index in [4.69, 9.17) is 0 Å². The molecule has 1 aliphatic heterocycles. The smallest absolute Gasteiger partial charge is 0.0107 e. The molecule has 0 radical (unpaired) electrons. The molecule has 0 aromatic carbocycles. The van der Waals surface area contributed by atoms with Crippen LogP contribution in [0.2, 0.25) is 0 Å². The molecule has 1 unspecified atom stereocenters. The SMILES string of the molecule is CCCN(CC)CCNC(C)C1CCN(CCC)CC1. The van der Waals surface area contributed by atoms with E-state index in [9.17, 15) is 0 Å². The van der Waals surface area contributed by atoms with E-state index in [0.29, 0.717) is 6.04 Å². The van der Waals surface area contributed by atoms with E-state index in [0.717, 1.165) is 12.5 Å². The fraction of sp³-hybridized carbons (Fsp3) is 1.00. The molecule has 0 saturated carbocycles. The van der Waals surface area contributed by atoms with Crippen molar-refractivity contribution in [2.45, 2.75) is 59.4 Å². The number of rotatable bonds is 10. The summed E-state index contributed by atoms with van der Waals surface area (Å²) in [6, 6.07) is 0.680. The van der Waals surface area contributed by atoms with E-state index >= 15 is 0 Å². The third-order valence-electron chi connectivity index (χ3n) is 4.76. The zero-order valence-corrected chi connectivity index (χ0v) is 14.3. The quantitative estimate of drug-likeness (QED) is 0.665. The minimum absolute atomic E-state index is 0.680. The van der Waals surface area contributed by atoms with E-state index in [-0.39, 0.29) is 0 Å². The van der Waals surface area contributed by atoms with Crippen molar-refractivity contribution in [2.24, 2.45) is 5.92 Å². The Morgan fingerprint density at radius 3 is 2.35 bits per heavy atom. The van der Waals surface area contributed by atoms with Crippen molar-refractivity contribution in [3.63, 3.8) is 0 Å². The first-order valence-electron chi connectivity index (χ1n) is 8.89. The second kappa shape index (κ2) is 10.6. The lowest BCUT2D eigenvalue weighted by atomic mass is 9.90. The lowest BCUT2D eigenvalue weighted by molar-refractivity contribution is 0.161. The highest BCUT2D eigenvalue weighted by Crippen LogP contribution is 2.20. The molecule has 3 heteroatoms. The molecule has 0 spiro atoms. The summed E-state index contributed by atoms with van der Waals surface area (Å²) < 4.78 is 0. The number of nitrogens with zero attached hydrogens (tertiary/aromatic N) is 2. The van der Waals surface area contributed by atoms with Gasteiger partial charge in [0.25, 0.3) is 0 Å². The molecule has 0 aromatic rings. The number of piperidine rings is 1. The van der Waals surface area contributed by atoms with Gasteiger partial charge in [0, 0.05) is 19.1 Å². The monoisotopic (exact) mass is 283 g/mol. The number of likely N-dealkylation sites (tertiary alicyclic amines) is 1. The standard InChI is InChI=1S/C17H37N3/c1-5-11-19(7-3)15-10-18-16(4)17-8-13-20(12-6-2)14-9-17/h16-18H,5-15H2,1-4H3. The Hall–Kier alpha value is -0.120. The van der Waals surface area contributed by atoms with Gasteiger partial charge in [0.15, 0.2) is 0 Å². The van der Waals surface area contributed by atoms with E-state index in [2.05, 4.69) is 42.8 Å². The van der Waals surface area contributed by atoms with Crippen molar-refractivity contribution in [1.29, 1.82) is 0 Å². The van der Waals surface area contributed by atoms with Crippen LogP contribution in [0.1, 0.15) is 53.4 Å².